The number of ether oxygens (including phenoxy) is 1. The second kappa shape index (κ2) is 6.00. The van der Waals surface area contributed by atoms with E-state index < -0.39 is 22.0 Å². The van der Waals surface area contributed by atoms with Gasteiger partial charge in [0.05, 0.1) is 12.0 Å². The zero-order chi connectivity index (χ0) is 15.6. The van der Waals surface area contributed by atoms with Crippen molar-refractivity contribution in [3.05, 3.63) is 24.3 Å². The Balaban J connectivity index is 2.34. The lowest BCUT2D eigenvalue weighted by Crippen LogP contribution is -2.41. The molecule has 1 fully saturated rings. The van der Waals surface area contributed by atoms with E-state index in [0.29, 0.717) is 12.2 Å². The van der Waals surface area contributed by atoms with Crippen LogP contribution in [0.2, 0.25) is 0 Å². The summed E-state index contributed by atoms with van der Waals surface area (Å²) in [5.41, 5.74) is 0. The molecule has 2 atom stereocenters. The van der Waals surface area contributed by atoms with E-state index in [1.807, 2.05) is 6.92 Å². The molecule has 0 amide bonds. The smallest absolute Gasteiger partial charge is 0.360 e. The zero-order valence-electron chi connectivity index (χ0n) is 11.7. The third-order valence-electron chi connectivity index (χ3n) is 3.49. The molecule has 1 aromatic rings. The number of benzene rings is 1. The fourth-order valence-electron chi connectivity index (χ4n) is 2.43. The highest BCUT2D eigenvalue weighted by molar-refractivity contribution is 7.89. The predicted octanol–water partition coefficient (Wildman–Crippen LogP) is 1.11. The van der Waals surface area contributed by atoms with Crippen LogP contribution in [0.1, 0.15) is 13.3 Å². The number of carbonyl (C=O) groups is 1. The van der Waals surface area contributed by atoms with Crippen LogP contribution >= 0.6 is 0 Å². The first-order valence-electron chi connectivity index (χ1n) is 6.41. The Hall–Kier alpha value is -1.64. The van der Waals surface area contributed by atoms with Gasteiger partial charge in [-0.15, -0.1) is 0 Å². The molecule has 0 bridgehead atoms. The maximum atomic E-state index is 12.6. The minimum Gasteiger partial charge on any atom is -0.497 e. The van der Waals surface area contributed by atoms with Gasteiger partial charge < -0.3 is 4.74 Å². The van der Waals surface area contributed by atoms with E-state index in [0.717, 1.165) is 4.31 Å². The van der Waals surface area contributed by atoms with Gasteiger partial charge in [0.1, 0.15) is 11.8 Å². The fraction of sp³-hybridized carbons (Fsp3) is 0.462. The number of carbonyl (C=O) groups excluding carboxylic acids is 1. The van der Waals surface area contributed by atoms with Crippen molar-refractivity contribution in [3.8, 4) is 5.75 Å². The highest BCUT2D eigenvalue weighted by atomic mass is 32.2. The van der Waals surface area contributed by atoms with E-state index in [1.165, 1.54) is 31.4 Å². The van der Waals surface area contributed by atoms with Crippen molar-refractivity contribution in [2.24, 2.45) is 5.92 Å². The Kier molecular flexibility index (Phi) is 4.50. The Morgan fingerprint density at radius 2 is 1.95 bits per heavy atom. The van der Waals surface area contributed by atoms with Crippen molar-refractivity contribution in [2.45, 2.75) is 24.3 Å². The van der Waals surface area contributed by atoms with Crippen LogP contribution in [-0.2, 0) is 19.7 Å². The lowest BCUT2D eigenvalue weighted by Gasteiger charge is -2.21. The van der Waals surface area contributed by atoms with E-state index in [2.05, 4.69) is 4.89 Å². The highest BCUT2D eigenvalue weighted by Gasteiger charge is 2.43. The Morgan fingerprint density at radius 3 is 2.48 bits per heavy atom. The summed E-state index contributed by atoms with van der Waals surface area (Å²) in [5.74, 6) is -0.423. The first-order valence-corrected chi connectivity index (χ1v) is 7.85. The summed E-state index contributed by atoms with van der Waals surface area (Å²) in [6.07, 6.45) is 0.314. The number of hydrogen-bond donors (Lipinski definition) is 1. The lowest BCUT2D eigenvalue weighted by atomic mass is 10.1. The summed E-state index contributed by atoms with van der Waals surface area (Å²) in [7, 11) is -2.35. The largest absolute Gasteiger partial charge is 0.497 e. The average molecular weight is 315 g/mol. The molecule has 0 saturated carbocycles. The number of methoxy groups -OCH3 is 1. The minimum atomic E-state index is -3.84. The Morgan fingerprint density at radius 1 is 1.33 bits per heavy atom. The molecule has 116 valence electrons. The minimum absolute atomic E-state index is 0.00197. The normalized spacial score (nSPS) is 23.0. The van der Waals surface area contributed by atoms with E-state index in [4.69, 9.17) is 9.99 Å². The first kappa shape index (κ1) is 15.7. The topological polar surface area (TPSA) is 93.1 Å². The summed E-state index contributed by atoms with van der Waals surface area (Å²) >= 11 is 0. The van der Waals surface area contributed by atoms with Gasteiger partial charge in [-0.2, -0.15) is 9.56 Å². The molecule has 0 spiro atoms. The number of sulfonamides is 1. The number of hydrogen-bond acceptors (Lipinski definition) is 6. The fourth-order valence-corrected chi connectivity index (χ4v) is 4.14. The molecule has 1 aliphatic heterocycles. The molecular formula is C13H17NO6S. The van der Waals surface area contributed by atoms with Crippen LogP contribution in [0.5, 0.6) is 5.75 Å². The Labute approximate surface area is 123 Å². The molecule has 1 aliphatic rings. The van der Waals surface area contributed by atoms with Crippen LogP contribution in [0.4, 0.5) is 0 Å². The lowest BCUT2D eigenvalue weighted by molar-refractivity contribution is -0.237. The van der Waals surface area contributed by atoms with Crippen LogP contribution in [0.3, 0.4) is 0 Å². The van der Waals surface area contributed by atoms with Gasteiger partial charge in [0.25, 0.3) is 0 Å². The van der Waals surface area contributed by atoms with Gasteiger partial charge in [0, 0.05) is 6.54 Å². The molecule has 1 heterocycles. The monoisotopic (exact) mass is 315 g/mol. The summed E-state index contributed by atoms with van der Waals surface area (Å²) in [5, 5.41) is 8.52. The van der Waals surface area contributed by atoms with E-state index in [-0.39, 0.29) is 17.4 Å². The molecule has 0 unspecified atom stereocenters. The van der Waals surface area contributed by atoms with Crippen LogP contribution in [0.25, 0.3) is 0 Å². The molecule has 1 saturated heterocycles. The SMILES string of the molecule is COc1ccc(S(=O)(=O)N2C[C@@H](C)C[C@@H]2C(=O)OO)cc1. The van der Waals surface area contributed by atoms with Crippen molar-refractivity contribution in [1.82, 2.24) is 4.31 Å². The van der Waals surface area contributed by atoms with Gasteiger partial charge in [-0.05, 0) is 36.6 Å². The van der Waals surface area contributed by atoms with Crippen LogP contribution in [-0.4, -0.2) is 43.6 Å². The number of nitrogens with zero attached hydrogens (tertiary/aromatic N) is 1. The van der Waals surface area contributed by atoms with E-state index in [1.54, 1.807) is 0 Å². The van der Waals surface area contributed by atoms with Crippen molar-refractivity contribution in [3.63, 3.8) is 0 Å². The first-order chi connectivity index (χ1) is 9.90. The molecule has 0 radical (unpaired) electrons. The van der Waals surface area contributed by atoms with Gasteiger partial charge in [-0.25, -0.2) is 13.2 Å². The van der Waals surface area contributed by atoms with Gasteiger partial charge in [0.2, 0.25) is 10.0 Å². The van der Waals surface area contributed by atoms with Crippen molar-refractivity contribution in [2.75, 3.05) is 13.7 Å². The van der Waals surface area contributed by atoms with Crippen LogP contribution < -0.4 is 4.74 Å². The van der Waals surface area contributed by atoms with Crippen molar-refractivity contribution in [1.29, 1.82) is 0 Å². The standard InChI is InChI=1S/C13H17NO6S/c1-9-7-12(13(15)20-16)14(8-9)21(17,18)11-5-3-10(19-2)4-6-11/h3-6,9,12,16H,7-8H2,1-2H3/t9-,12+/m0/s1. The third kappa shape index (κ3) is 3.02. The molecular weight excluding hydrogens is 298 g/mol. The average Bonchev–Trinajstić information content (AvgIpc) is 2.89. The molecule has 2 rings (SSSR count). The summed E-state index contributed by atoms with van der Waals surface area (Å²) < 4.78 is 31.3. The molecule has 1 N–H and O–H groups in total. The van der Waals surface area contributed by atoms with Gasteiger partial charge in [0.15, 0.2) is 0 Å². The van der Waals surface area contributed by atoms with Gasteiger partial charge in [-0.1, -0.05) is 6.92 Å². The second-order valence-electron chi connectivity index (χ2n) is 5.02. The van der Waals surface area contributed by atoms with E-state index in [9.17, 15) is 13.2 Å². The second-order valence-corrected chi connectivity index (χ2v) is 6.91. The summed E-state index contributed by atoms with van der Waals surface area (Å²) in [6, 6.07) is 4.89. The molecule has 0 aromatic heterocycles. The van der Waals surface area contributed by atoms with Crippen molar-refractivity contribution < 1.29 is 28.1 Å². The van der Waals surface area contributed by atoms with Crippen molar-refractivity contribution >= 4 is 16.0 Å². The highest BCUT2D eigenvalue weighted by Crippen LogP contribution is 2.30. The van der Waals surface area contributed by atoms with Gasteiger partial charge in [-0.3, -0.25) is 4.89 Å². The quantitative estimate of drug-likeness (QED) is 0.661. The zero-order valence-corrected chi connectivity index (χ0v) is 12.5. The van der Waals surface area contributed by atoms with Crippen LogP contribution in [0.15, 0.2) is 29.2 Å². The molecule has 0 aliphatic carbocycles. The molecule has 8 heteroatoms. The molecule has 1 aromatic carbocycles. The summed E-state index contributed by atoms with van der Waals surface area (Å²) in [6.45, 7) is 2.04. The number of rotatable bonds is 4. The van der Waals surface area contributed by atoms with Crippen LogP contribution in [0, 0.1) is 5.92 Å². The summed E-state index contributed by atoms with van der Waals surface area (Å²) in [4.78, 5) is 15.3. The maximum absolute atomic E-state index is 12.6. The third-order valence-corrected chi connectivity index (χ3v) is 5.38. The Bertz CT molecular complexity index is 612. The van der Waals surface area contributed by atoms with Gasteiger partial charge >= 0.3 is 5.97 Å². The van der Waals surface area contributed by atoms with E-state index >= 15 is 0 Å². The maximum Gasteiger partial charge on any atom is 0.360 e. The molecule has 7 nitrogen and oxygen atoms in total. The molecule has 21 heavy (non-hydrogen) atoms. The predicted molar refractivity (Wildman–Crippen MR) is 73.2 cm³/mol.